The monoisotopic (exact) mass is 325 g/mol. The zero-order chi connectivity index (χ0) is 16.9. The highest BCUT2D eigenvalue weighted by atomic mass is 19.4. The molecule has 0 aliphatic heterocycles. The number of aromatic nitrogens is 1. The van der Waals surface area contributed by atoms with Crippen molar-refractivity contribution < 1.29 is 36.6 Å². The zero-order valence-corrected chi connectivity index (χ0v) is 10.5. The number of pyridine rings is 1. The summed E-state index contributed by atoms with van der Waals surface area (Å²) in [7, 11) is 0. The second kappa shape index (κ2) is 6.83. The molecule has 0 spiro atoms. The Morgan fingerprint density at radius 3 is 2.50 bits per heavy atom. The summed E-state index contributed by atoms with van der Waals surface area (Å²) in [6.07, 6.45) is -4.93. The first-order chi connectivity index (χ1) is 10.1. The van der Waals surface area contributed by atoms with Gasteiger partial charge in [-0.1, -0.05) is 6.07 Å². The van der Waals surface area contributed by atoms with Crippen molar-refractivity contribution in [1.82, 2.24) is 4.98 Å². The molecule has 120 valence electrons. The van der Waals surface area contributed by atoms with Crippen molar-refractivity contribution in [1.29, 1.82) is 0 Å². The van der Waals surface area contributed by atoms with Crippen molar-refractivity contribution in [2.24, 2.45) is 10.7 Å². The highest BCUT2D eigenvalue weighted by Crippen LogP contribution is 2.26. The molecule has 0 radical (unpaired) electrons. The molecule has 1 aromatic heterocycles. The summed E-state index contributed by atoms with van der Waals surface area (Å²) in [6.45, 7) is -3.23. The first kappa shape index (κ1) is 17.3. The van der Waals surface area contributed by atoms with Gasteiger partial charge in [0.05, 0.1) is 0 Å². The Hall–Kier alpha value is -2.72. The topological polar surface area (TPSA) is 97.8 Å². The minimum atomic E-state index is -5.15. The lowest BCUT2D eigenvalue weighted by Crippen LogP contribution is -2.29. The lowest BCUT2D eigenvalue weighted by molar-refractivity contribution is -0.132. The number of nitrogens with zero attached hydrogens (tertiary/aromatic N) is 2. The Bertz CT molecular complexity index is 613. The number of carbonyl (C=O) groups is 1. The second-order valence-corrected chi connectivity index (χ2v) is 3.56. The number of halogens is 5. The van der Waals surface area contributed by atoms with Crippen molar-refractivity contribution in [2.75, 3.05) is 0 Å². The molecule has 6 nitrogen and oxygen atoms in total. The van der Waals surface area contributed by atoms with Crippen molar-refractivity contribution >= 4 is 17.5 Å². The summed E-state index contributed by atoms with van der Waals surface area (Å²) in [4.78, 5) is 17.1. The Morgan fingerprint density at radius 2 is 2.05 bits per heavy atom. The summed E-state index contributed by atoms with van der Waals surface area (Å²) < 4.78 is 66.5. The van der Waals surface area contributed by atoms with Gasteiger partial charge in [-0.3, -0.25) is 0 Å². The van der Waals surface area contributed by atoms with Crippen LogP contribution in [0.3, 0.4) is 0 Å². The van der Waals surface area contributed by atoms with Crippen LogP contribution >= 0.6 is 0 Å². The third kappa shape index (κ3) is 4.68. The molecule has 0 amide bonds. The molecule has 0 unspecified atom stereocenters. The number of carboxylic acid groups (broad SMARTS) is 1. The average molecular weight is 325 g/mol. The molecule has 1 rings (SSSR count). The van der Waals surface area contributed by atoms with E-state index in [1.807, 2.05) is 0 Å². The number of aliphatic imine (C=N–C) groups is 1. The zero-order valence-electron chi connectivity index (χ0n) is 10.5. The number of rotatable bonds is 5. The van der Waals surface area contributed by atoms with Crippen molar-refractivity contribution in [3.63, 3.8) is 0 Å². The number of ether oxygens (including phenoxy) is 1. The maximum absolute atomic E-state index is 12.8. The van der Waals surface area contributed by atoms with Crippen LogP contribution in [0.1, 0.15) is 0 Å². The van der Waals surface area contributed by atoms with Gasteiger partial charge in [0.25, 0.3) is 0 Å². The van der Waals surface area contributed by atoms with Gasteiger partial charge >= 0.3 is 18.8 Å². The number of nitrogens with two attached hydrogens (primary N) is 1. The SMILES string of the molecule is N/C=C(/C(=O)O)C(=Nc1cccc(OC(F)F)n1)C(F)(F)F. The highest BCUT2D eigenvalue weighted by Gasteiger charge is 2.40. The molecule has 0 aliphatic rings. The van der Waals surface area contributed by atoms with E-state index in [9.17, 15) is 26.7 Å². The van der Waals surface area contributed by atoms with Crippen LogP contribution < -0.4 is 10.5 Å². The van der Waals surface area contributed by atoms with Gasteiger partial charge in [-0.05, 0) is 6.07 Å². The van der Waals surface area contributed by atoms with Gasteiger partial charge in [-0.15, -0.1) is 0 Å². The van der Waals surface area contributed by atoms with Gasteiger partial charge in [0, 0.05) is 12.3 Å². The van der Waals surface area contributed by atoms with E-state index in [1.54, 1.807) is 0 Å². The molecule has 1 aromatic rings. The summed E-state index contributed by atoms with van der Waals surface area (Å²) >= 11 is 0. The molecule has 3 N–H and O–H groups in total. The number of alkyl halides is 5. The maximum Gasteiger partial charge on any atom is 0.434 e. The van der Waals surface area contributed by atoms with Gasteiger partial charge < -0.3 is 15.6 Å². The van der Waals surface area contributed by atoms with Crippen LogP contribution in [0, 0.1) is 0 Å². The Kier molecular flexibility index (Phi) is 5.38. The lowest BCUT2D eigenvalue weighted by atomic mass is 10.1. The fraction of sp³-hybridized carbons (Fsp3) is 0.182. The summed E-state index contributed by atoms with van der Waals surface area (Å²) in [5, 5.41) is 8.69. The summed E-state index contributed by atoms with van der Waals surface area (Å²) in [5.74, 6) is -3.31. The Morgan fingerprint density at radius 1 is 1.41 bits per heavy atom. The van der Waals surface area contributed by atoms with Gasteiger partial charge in [-0.2, -0.15) is 26.9 Å². The number of aliphatic carboxylic acids is 1. The van der Waals surface area contributed by atoms with Crippen LogP contribution in [0.5, 0.6) is 5.88 Å². The van der Waals surface area contributed by atoms with E-state index in [0.29, 0.717) is 0 Å². The minimum Gasteiger partial charge on any atom is -0.478 e. The molecular weight excluding hydrogens is 317 g/mol. The molecule has 11 heteroatoms. The predicted molar refractivity (Wildman–Crippen MR) is 63.9 cm³/mol. The van der Waals surface area contributed by atoms with E-state index in [2.05, 4.69) is 14.7 Å². The number of hydrogen-bond donors (Lipinski definition) is 2. The second-order valence-electron chi connectivity index (χ2n) is 3.56. The van der Waals surface area contributed by atoms with Crippen LogP contribution in [0.4, 0.5) is 27.8 Å². The van der Waals surface area contributed by atoms with Gasteiger partial charge in [-0.25, -0.2) is 9.79 Å². The van der Waals surface area contributed by atoms with Crippen molar-refractivity contribution in [3.05, 3.63) is 30.0 Å². The van der Waals surface area contributed by atoms with E-state index in [0.717, 1.165) is 18.2 Å². The fourth-order valence-electron chi connectivity index (χ4n) is 1.27. The fourth-order valence-corrected chi connectivity index (χ4v) is 1.27. The molecular formula is C11H8F5N3O3. The van der Waals surface area contributed by atoms with Gasteiger partial charge in [0.15, 0.2) is 11.5 Å². The third-order valence-electron chi connectivity index (χ3n) is 2.07. The van der Waals surface area contributed by atoms with Crippen molar-refractivity contribution in [3.8, 4) is 5.88 Å². The smallest absolute Gasteiger partial charge is 0.434 e. The predicted octanol–water partition coefficient (Wildman–Crippen LogP) is 2.25. The molecule has 0 atom stereocenters. The third-order valence-corrected chi connectivity index (χ3v) is 2.07. The Balaban J connectivity index is 3.32. The summed E-state index contributed by atoms with van der Waals surface area (Å²) in [5.41, 5.74) is 1.71. The minimum absolute atomic E-state index is 0.216. The van der Waals surface area contributed by atoms with Gasteiger partial charge in [0.1, 0.15) is 5.57 Å². The number of carboxylic acids is 1. The van der Waals surface area contributed by atoms with E-state index in [-0.39, 0.29) is 6.20 Å². The van der Waals surface area contributed by atoms with E-state index in [4.69, 9.17) is 10.8 Å². The van der Waals surface area contributed by atoms with Crippen LogP contribution in [0.25, 0.3) is 0 Å². The van der Waals surface area contributed by atoms with Crippen LogP contribution in [-0.2, 0) is 4.79 Å². The van der Waals surface area contributed by atoms with E-state index < -0.39 is 41.7 Å². The average Bonchev–Trinajstić information content (AvgIpc) is 2.36. The van der Waals surface area contributed by atoms with Crippen LogP contribution in [-0.4, -0.2) is 34.6 Å². The highest BCUT2D eigenvalue weighted by molar-refractivity contribution is 6.21. The Labute approximate surface area is 119 Å². The maximum atomic E-state index is 12.8. The molecule has 0 fully saturated rings. The first-order valence-corrected chi connectivity index (χ1v) is 5.38. The number of hydrogen-bond acceptors (Lipinski definition) is 5. The molecule has 0 saturated heterocycles. The molecule has 0 aliphatic carbocycles. The molecule has 1 heterocycles. The standard InChI is InChI=1S/C11H8F5N3O3/c12-10(13)22-7-3-1-2-6(18-7)19-8(11(14,15)16)5(4-17)9(20)21/h1-4,10H,17H2,(H,20,21)/b5-4+,19-8?. The normalized spacial score (nSPS) is 13.4. The van der Waals surface area contributed by atoms with Crippen molar-refractivity contribution in [2.45, 2.75) is 12.8 Å². The molecule has 0 saturated carbocycles. The van der Waals surface area contributed by atoms with E-state index in [1.165, 1.54) is 0 Å². The molecule has 22 heavy (non-hydrogen) atoms. The quantitative estimate of drug-likeness (QED) is 0.491. The van der Waals surface area contributed by atoms with Crippen LogP contribution in [0.15, 0.2) is 35.0 Å². The van der Waals surface area contributed by atoms with Gasteiger partial charge in [0.2, 0.25) is 5.88 Å². The first-order valence-electron chi connectivity index (χ1n) is 5.38. The molecule has 0 aromatic carbocycles. The largest absolute Gasteiger partial charge is 0.478 e. The lowest BCUT2D eigenvalue weighted by Gasteiger charge is -2.11. The summed E-state index contributed by atoms with van der Waals surface area (Å²) in [6, 6.07) is 2.97. The van der Waals surface area contributed by atoms with Crippen LogP contribution in [0.2, 0.25) is 0 Å². The molecule has 0 bridgehead atoms. The van der Waals surface area contributed by atoms with E-state index >= 15 is 0 Å².